The van der Waals surface area contributed by atoms with Crippen molar-refractivity contribution in [1.82, 2.24) is 0 Å². The molecule has 0 rings (SSSR count). The van der Waals surface area contributed by atoms with Crippen molar-refractivity contribution in [3.63, 3.8) is 0 Å². The summed E-state index contributed by atoms with van der Waals surface area (Å²) in [4.78, 5) is 0. The minimum atomic E-state index is -0.352. The first-order chi connectivity index (χ1) is 4.70. The largest absolute Gasteiger partial charge is 0.402 e. The van der Waals surface area contributed by atoms with E-state index in [9.17, 15) is 4.39 Å². The van der Waals surface area contributed by atoms with Gasteiger partial charge in [0.2, 0.25) is 0 Å². The molecular formula is C8H12FN. The lowest BCUT2D eigenvalue weighted by molar-refractivity contribution is 0.664. The van der Waals surface area contributed by atoms with E-state index >= 15 is 0 Å². The van der Waals surface area contributed by atoms with Crippen molar-refractivity contribution in [3.8, 4) is 0 Å². The van der Waals surface area contributed by atoms with E-state index in [2.05, 4.69) is 6.58 Å². The van der Waals surface area contributed by atoms with Gasteiger partial charge in [-0.3, -0.25) is 0 Å². The van der Waals surface area contributed by atoms with Gasteiger partial charge in [-0.1, -0.05) is 19.6 Å². The highest BCUT2D eigenvalue weighted by molar-refractivity contribution is 5.19. The second-order valence-corrected chi connectivity index (χ2v) is 1.86. The fourth-order valence-electron chi connectivity index (χ4n) is 0.440. The normalized spacial score (nSPS) is 13.4. The van der Waals surface area contributed by atoms with Crippen LogP contribution in [0.3, 0.4) is 0 Å². The zero-order valence-electron chi connectivity index (χ0n) is 6.10. The zero-order chi connectivity index (χ0) is 7.98. The second-order valence-electron chi connectivity index (χ2n) is 1.86. The van der Waals surface area contributed by atoms with E-state index < -0.39 is 0 Å². The Kier molecular flexibility index (Phi) is 4.29. The number of rotatable bonds is 3. The molecule has 56 valence electrons. The van der Waals surface area contributed by atoms with Crippen LogP contribution in [0.1, 0.15) is 13.3 Å². The second kappa shape index (κ2) is 4.79. The molecule has 10 heavy (non-hydrogen) atoms. The Bertz CT molecular complexity index is 168. The highest BCUT2D eigenvalue weighted by atomic mass is 19.1. The lowest BCUT2D eigenvalue weighted by Crippen LogP contribution is -1.93. The van der Waals surface area contributed by atoms with Crippen molar-refractivity contribution in [2.75, 3.05) is 0 Å². The summed E-state index contributed by atoms with van der Waals surface area (Å²) in [5.74, 6) is -0.352. The van der Waals surface area contributed by atoms with Crippen LogP contribution < -0.4 is 5.73 Å². The zero-order valence-corrected chi connectivity index (χ0v) is 6.10. The van der Waals surface area contributed by atoms with Crippen LogP contribution in [-0.4, -0.2) is 0 Å². The predicted molar refractivity (Wildman–Crippen MR) is 41.9 cm³/mol. The molecule has 0 aromatic rings. The molecule has 0 bridgehead atoms. The van der Waals surface area contributed by atoms with E-state index in [-0.39, 0.29) is 5.83 Å². The first kappa shape index (κ1) is 8.95. The molecule has 1 nitrogen and oxygen atoms in total. The third-order valence-corrected chi connectivity index (χ3v) is 1.01. The van der Waals surface area contributed by atoms with Gasteiger partial charge in [0.1, 0.15) is 5.83 Å². The SMILES string of the molecule is C=C/C=C(F)\C=C(\N)CC. The lowest BCUT2D eigenvalue weighted by atomic mass is 10.3. The molecular weight excluding hydrogens is 129 g/mol. The Labute approximate surface area is 60.7 Å². The molecule has 0 saturated heterocycles. The van der Waals surface area contributed by atoms with E-state index in [0.717, 1.165) is 0 Å². The van der Waals surface area contributed by atoms with Crippen molar-refractivity contribution in [1.29, 1.82) is 0 Å². The van der Waals surface area contributed by atoms with Crippen molar-refractivity contribution in [2.24, 2.45) is 5.73 Å². The summed E-state index contributed by atoms with van der Waals surface area (Å²) < 4.78 is 12.5. The molecule has 0 saturated carbocycles. The number of nitrogens with two attached hydrogens (primary N) is 1. The van der Waals surface area contributed by atoms with Gasteiger partial charge in [-0.25, -0.2) is 4.39 Å². The molecule has 0 spiro atoms. The minimum Gasteiger partial charge on any atom is -0.402 e. The Morgan fingerprint density at radius 1 is 1.70 bits per heavy atom. The molecule has 0 radical (unpaired) electrons. The molecule has 0 aromatic heterocycles. The summed E-state index contributed by atoms with van der Waals surface area (Å²) >= 11 is 0. The highest BCUT2D eigenvalue weighted by Gasteiger charge is 1.87. The molecule has 0 fully saturated rings. The first-order valence-corrected chi connectivity index (χ1v) is 3.15. The van der Waals surface area contributed by atoms with Crippen molar-refractivity contribution >= 4 is 0 Å². The first-order valence-electron chi connectivity index (χ1n) is 3.15. The van der Waals surface area contributed by atoms with Crippen molar-refractivity contribution in [3.05, 3.63) is 36.3 Å². The van der Waals surface area contributed by atoms with Gasteiger partial charge in [-0.15, -0.1) is 0 Å². The van der Waals surface area contributed by atoms with Gasteiger partial charge >= 0.3 is 0 Å². The maximum Gasteiger partial charge on any atom is 0.124 e. The third-order valence-electron chi connectivity index (χ3n) is 1.01. The van der Waals surface area contributed by atoms with Crippen LogP contribution in [0.5, 0.6) is 0 Å². The lowest BCUT2D eigenvalue weighted by Gasteiger charge is -1.91. The van der Waals surface area contributed by atoms with E-state index in [4.69, 9.17) is 5.73 Å². The summed E-state index contributed by atoms with van der Waals surface area (Å²) in [7, 11) is 0. The van der Waals surface area contributed by atoms with Crippen LogP contribution in [0.4, 0.5) is 4.39 Å². The number of halogens is 1. The molecule has 0 amide bonds. The Balaban J connectivity index is 4.11. The highest BCUT2D eigenvalue weighted by Crippen LogP contribution is 2.02. The van der Waals surface area contributed by atoms with Gasteiger partial charge in [-0.2, -0.15) is 0 Å². The standard InChI is InChI=1S/C8H12FN/c1-3-5-7(9)6-8(10)4-2/h3,5-6H,1,4,10H2,2H3/b7-5+,8-6+. The summed E-state index contributed by atoms with van der Waals surface area (Å²) in [5.41, 5.74) is 5.89. The molecule has 2 N–H and O–H groups in total. The summed E-state index contributed by atoms with van der Waals surface area (Å²) in [6.07, 6.45) is 4.61. The molecule has 0 aliphatic rings. The number of allylic oxidation sites excluding steroid dienone is 5. The number of hydrogen-bond donors (Lipinski definition) is 1. The van der Waals surface area contributed by atoms with Crippen molar-refractivity contribution < 1.29 is 4.39 Å². The van der Waals surface area contributed by atoms with Crippen LogP contribution in [0.2, 0.25) is 0 Å². The Morgan fingerprint density at radius 2 is 2.30 bits per heavy atom. The molecule has 0 aromatic carbocycles. The van der Waals surface area contributed by atoms with Crippen LogP contribution in [0.25, 0.3) is 0 Å². The molecule has 0 aliphatic heterocycles. The monoisotopic (exact) mass is 141 g/mol. The predicted octanol–water partition coefficient (Wildman–Crippen LogP) is 2.28. The Morgan fingerprint density at radius 3 is 2.70 bits per heavy atom. The summed E-state index contributed by atoms with van der Waals surface area (Å²) in [6.45, 7) is 5.22. The van der Waals surface area contributed by atoms with Crippen LogP contribution in [-0.2, 0) is 0 Å². The fourth-order valence-corrected chi connectivity index (χ4v) is 0.440. The molecule has 0 heterocycles. The molecule has 2 heteroatoms. The van der Waals surface area contributed by atoms with Gasteiger partial charge < -0.3 is 5.73 Å². The van der Waals surface area contributed by atoms with E-state index in [0.29, 0.717) is 12.1 Å². The van der Waals surface area contributed by atoms with Crippen molar-refractivity contribution in [2.45, 2.75) is 13.3 Å². The van der Waals surface area contributed by atoms with Gasteiger partial charge in [0.25, 0.3) is 0 Å². The van der Waals surface area contributed by atoms with Crippen LogP contribution in [0, 0.1) is 0 Å². The average Bonchev–Trinajstić information content (AvgIpc) is 1.88. The topological polar surface area (TPSA) is 26.0 Å². The molecule has 0 unspecified atom stereocenters. The Hall–Kier alpha value is -1.05. The number of hydrogen-bond acceptors (Lipinski definition) is 1. The average molecular weight is 141 g/mol. The van der Waals surface area contributed by atoms with E-state index in [1.165, 1.54) is 18.2 Å². The quantitative estimate of drug-likeness (QED) is 0.599. The fraction of sp³-hybridized carbons (Fsp3) is 0.250. The van der Waals surface area contributed by atoms with Crippen LogP contribution >= 0.6 is 0 Å². The molecule has 0 atom stereocenters. The maximum absolute atomic E-state index is 12.5. The minimum absolute atomic E-state index is 0.352. The van der Waals surface area contributed by atoms with E-state index in [1.807, 2.05) is 6.92 Å². The van der Waals surface area contributed by atoms with Gasteiger partial charge in [0.15, 0.2) is 0 Å². The summed E-state index contributed by atoms with van der Waals surface area (Å²) in [5, 5.41) is 0. The van der Waals surface area contributed by atoms with Gasteiger partial charge in [-0.05, 0) is 18.6 Å². The smallest absolute Gasteiger partial charge is 0.124 e. The third kappa shape index (κ3) is 3.89. The summed E-state index contributed by atoms with van der Waals surface area (Å²) in [6, 6.07) is 0. The van der Waals surface area contributed by atoms with Gasteiger partial charge in [0, 0.05) is 5.70 Å². The van der Waals surface area contributed by atoms with E-state index in [1.54, 1.807) is 0 Å². The van der Waals surface area contributed by atoms with Crippen LogP contribution in [0.15, 0.2) is 36.3 Å². The van der Waals surface area contributed by atoms with Gasteiger partial charge in [0.05, 0.1) is 0 Å². The molecule has 0 aliphatic carbocycles. The maximum atomic E-state index is 12.5.